The van der Waals surface area contributed by atoms with Gasteiger partial charge in [-0.15, -0.1) is 0 Å². The maximum atomic E-state index is 13.3. The Bertz CT molecular complexity index is 1130. The van der Waals surface area contributed by atoms with Crippen molar-refractivity contribution in [2.45, 2.75) is 19.9 Å². The monoisotopic (exact) mass is 469 g/mol. The lowest BCUT2D eigenvalue weighted by atomic mass is 9.94. The number of aromatic nitrogens is 3. The fourth-order valence-corrected chi connectivity index (χ4v) is 3.89. The van der Waals surface area contributed by atoms with Gasteiger partial charge < -0.3 is 20.5 Å². The molecule has 0 fully saturated rings. The first-order valence-corrected chi connectivity index (χ1v) is 10.2. The maximum absolute atomic E-state index is 13.3. The van der Waals surface area contributed by atoms with E-state index in [0.717, 1.165) is 0 Å². The molecule has 0 saturated carbocycles. The van der Waals surface area contributed by atoms with Crippen molar-refractivity contribution in [3.05, 3.63) is 70.1 Å². The van der Waals surface area contributed by atoms with Gasteiger partial charge in [-0.05, 0) is 59.6 Å². The SMILES string of the molecule is CCOc1cc([C@H]2C(C(=O)Nc3ccccc3)=C(C)Nc3ncnn32)cc(Br)c1O. The Morgan fingerprint density at radius 3 is 2.83 bits per heavy atom. The summed E-state index contributed by atoms with van der Waals surface area (Å²) >= 11 is 3.38. The number of halogens is 1. The van der Waals surface area contributed by atoms with Crippen molar-refractivity contribution >= 4 is 33.5 Å². The van der Waals surface area contributed by atoms with E-state index < -0.39 is 6.04 Å². The van der Waals surface area contributed by atoms with Crippen molar-refractivity contribution in [2.24, 2.45) is 0 Å². The van der Waals surface area contributed by atoms with Crippen molar-refractivity contribution in [1.29, 1.82) is 0 Å². The molecule has 1 amide bonds. The number of fused-ring (bicyclic) bond motifs is 1. The lowest BCUT2D eigenvalue weighted by Crippen LogP contribution is -2.31. The number of nitrogens with zero attached hydrogens (tertiary/aromatic N) is 3. The van der Waals surface area contributed by atoms with Gasteiger partial charge in [0.25, 0.3) is 5.91 Å². The highest BCUT2D eigenvalue weighted by molar-refractivity contribution is 9.10. The highest BCUT2D eigenvalue weighted by atomic mass is 79.9. The molecule has 1 aliphatic heterocycles. The largest absolute Gasteiger partial charge is 0.503 e. The number of amides is 1. The molecule has 0 saturated heterocycles. The number of ether oxygens (including phenoxy) is 1. The summed E-state index contributed by atoms with van der Waals surface area (Å²) < 4.78 is 7.68. The van der Waals surface area contributed by atoms with Gasteiger partial charge in [0.15, 0.2) is 11.5 Å². The van der Waals surface area contributed by atoms with E-state index in [9.17, 15) is 9.90 Å². The first-order chi connectivity index (χ1) is 14.5. The number of hydrogen-bond donors (Lipinski definition) is 3. The Morgan fingerprint density at radius 1 is 1.33 bits per heavy atom. The van der Waals surface area contributed by atoms with Crippen LogP contribution in [0.1, 0.15) is 25.5 Å². The molecule has 30 heavy (non-hydrogen) atoms. The van der Waals surface area contributed by atoms with E-state index in [2.05, 4.69) is 36.6 Å². The van der Waals surface area contributed by atoms with E-state index in [0.29, 0.717) is 45.3 Å². The van der Waals surface area contributed by atoms with Crippen molar-refractivity contribution < 1.29 is 14.6 Å². The molecule has 9 heteroatoms. The molecule has 4 rings (SSSR count). The molecule has 3 aromatic rings. The third-order valence-electron chi connectivity index (χ3n) is 4.74. The van der Waals surface area contributed by atoms with E-state index in [-0.39, 0.29) is 11.7 Å². The number of para-hydroxylation sites is 1. The molecule has 3 N–H and O–H groups in total. The van der Waals surface area contributed by atoms with Crippen LogP contribution in [0.2, 0.25) is 0 Å². The quantitative estimate of drug-likeness (QED) is 0.520. The molecule has 1 aromatic heterocycles. The second kappa shape index (κ2) is 8.19. The average Bonchev–Trinajstić information content (AvgIpc) is 3.19. The number of hydrogen-bond acceptors (Lipinski definition) is 6. The molecule has 0 unspecified atom stereocenters. The van der Waals surface area contributed by atoms with Gasteiger partial charge in [-0.3, -0.25) is 4.79 Å². The molecular formula is C21H20BrN5O3. The number of carbonyl (C=O) groups excluding carboxylic acids is 1. The standard InChI is InChI=1S/C21H20BrN5O3/c1-3-30-16-10-13(9-15(22)19(16)28)18-17(12(2)25-21-23-11-24-27(18)21)20(29)26-14-7-5-4-6-8-14/h4-11,18,28H,3H2,1-2H3,(H,26,29)(H,23,24,25)/t18-/m0/s1. The predicted molar refractivity (Wildman–Crippen MR) is 117 cm³/mol. The van der Waals surface area contributed by atoms with E-state index in [1.54, 1.807) is 16.8 Å². The Balaban J connectivity index is 1.82. The van der Waals surface area contributed by atoms with Gasteiger partial charge >= 0.3 is 0 Å². The Hall–Kier alpha value is -3.33. The highest BCUT2D eigenvalue weighted by Gasteiger charge is 2.34. The van der Waals surface area contributed by atoms with Crippen molar-refractivity contribution in [3.8, 4) is 11.5 Å². The summed E-state index contributed by atoms with van der Waals surface area (Å²) in [6.07, 6.45) is 1.43. The number of phenols is 1. The highest BCUT2D eigenvalue weighted by Crippen LogP contribution is 2.42. The molecule has 0 spiro atoms. The molecule has 8 nitrogen and oxygen atoms in total. The van der Waals surface area contributed by atoms with Crippen LogP contribution in [0.5, 0.6) is 11.5 Å². The second-order valence-electron chi connectivity index (χ2n) is 6.70. The fraction of sp³-hybridized carbons (Fsp3) is 0.190. The second-order valence-corrected chi connectivity index (χ2v) is 7.55. The fourth-order valence-electron chi connectivity index (χ4n) is 3.43. The zero-order chi connectivity index (χ0) is 21.3. The van der Waals surface area contributed by atoms with Crippen LogP contribution < -0.4 is 15.4 Å². The summed E-state index contributed by atoms with van der Waals surface area (Å²) in [6.45, 7) is 4.05. The molecule has 2 aromatic carbocycles. The first-order valence-electron chi connectivity index (χ1n) is 9.38. The number of rotatable bonds is 5. The van der Waals surface area contributed by atoms with Crippen LogP contribution in [0.4, 0.5) is 11.6 Å². The molecular weight excluding hydrogens is 450 g/mol. The van der Waals surface area contributed by atoms with Crippen LogP contribution in [0.25, 0.3) is 0 Å². The van der Waals surface area contributed by atoms with Gasteiger partial charge in [0.05, 0.1) is 16.7 Å². The lowest BCUT2D eigenvalue weighted by Gasteiger charge is -2.29. The Labute approximate surface area is 181 Å². The Morgan fingerprint density at radius 2 is 2.10 bits per heavy atom. The molecule has 0 aliphatic carbocycles. The third-order valence-corrected chi connectivity index (χ3v) is 5.34. The molecule has 1 atom stereocenters. The zero-order valence-electron chi connectivity index (χ0n) is 16.4. The number of phenolic OH excluding ortho intramolecular Hbond substituents is 1. The molecule has 154 valence electrons. The van der Waals surface area contributed by atoms with Crippen LogP contribution in [0, 0.1) is 0 Å². The van der Waals surface area contributed by atoms with Gasteiger partial charge in [-0.2, -0.15) is 10.1 Å². The van der Waals surface area contributed by atoms with Crippen LogP contribution in [-0.4, -0.2) is 32.4 Å². The van der Waals surface area contributed by atoms with E-state index in [1.807, 2.05) is 44.2 Å². The summed E-state index contributed by atoms with van der Waals surface area (Å²) in [7, 11) is 0. The summed E-state index contributed by atoms with van der Waals surface area (Å²) in [4.78, 5) is 17.5. The number of nitrogens with one attached hydrogen (secondary N) is 2. The Kier molecular flexibility index (Phi) is 5.45. The molecule has 1 aliphatic rings. The van der Waals surface area contributed by atoms with Crippen LogP contribution in [0.3, 0.4) is 0 Å². The van der Waals surface area contributed by atoms with Gasteiger partial charge in [-0.25, -0.2) is 4.68 Å². The minimum absolute atomic E-state index is 0.00402. The number of carbonyl (C=O) groups is 1. The molecule has 0 bridgehead atoms. The van der Waals surface area contributed by atoms with Gasteiger partial charge in [0, 0.05) is 11.4 Å². The van der Waals surface area contributed by atoms with Gasteiger partial charge in [0.2, 0.25) is 5.95 Å². The predicted octanol–water partition coefficient (Wildman–Crippen LogP) is 4.07. The van der Waals surface area contributed by atoms with Crippen molar-refractivity contribution in [3.63, 3.8) is 0 Å². The van der Waals surface area contributed by atoms with Crippen LogP contribution in [-0.2, 0) is 4.79 Å². The topological polar surface area (TPSA) is 101 Å². The summed E-state index contributed by atoms with van der Waals surface area (Å²) in [5.41, 5.74) is 2.55. The minimum atomic E-state index is -0.566. The van der Waals surface area contributed by atoms with Crippen LogP contribution in [0.15, 0.2) is 64.5 Å². The van der Waals surface area contributed by atoms with Crippen molar-refractivity contribution in [1.82, 2.24) is 14.8 Å². The number of aromatic hydroxyl groups is 1. The smallest absolute Gasteiger partial charge is 0.255 e. The normalized spacial score (nSPS) is 15.4. The molecule has 0 radical (unpaired) electrons. The van der Waals surface area contributed by atoms with Gasteiger partial charge in [-0.1, -0.05) is 18.2 Å². The number of allylic oxidation sites excluding steroid dienone is 1. The minimum Gasteiger partial charge on any atom is -0.503 e. The number of anilines is 2. The molecule has 2 heterocycles. The zero-order valence-corrected chi connectivity index (χ0v) is 18.0. The summed E-state index contributed by atoms with van der Waals surface area (Å²) in [5.74, 6) is 0.585. The van der Waals surface area contributed by atoms with E-state index in [1.165, 1.54) is 6.33 Å². The third kappa shape index (κ3) is 3.63. The summed E-state index contributed by atoms with van der Waals surface area (Å²) in [6, 6.07) is 12.1. The first kappa shape index (κ1) is 20.0. The maximum Gasteiger partial charge on any atom is 0.255 e. The lowest BCUT2D eigenvalue weighted by molar-refractivity contribution is -0.113. The van der Waals surface area contributed by atoms with Crippen molar-refractivity contribution in [2.75, 3.05) is 17.2 Å². The van der Waals surface area contributed by atoms with Gasteiger partial charge in [0.1, 0.15) is 12.4 Å². The van der Waals surface area contributed by atoms with E-state index >= 15 is 0 Å². The van der Waals surface area contributed by atoms with E-state index in [4.69, 9.17) is 4.74 Å². The average molecular weight is 470 g/mol. The van der Waals surface area contributed by atoms with Crippen LogP contribution >= 0.6 is 15.9 Å². The number of benzene rings is 2. The summed E-state index contributed by atoms with van der Waals surface area (Å²) in [5, 5.41) is 20.7.